The number of hydrogen-bond acceptors (Lipinski definition) is 0. The molecule has 0 saturated heterocycles. The summed E-state index contributed by atoms with van der Waals surface area (Å²) in [7, 11) is 0. The molecule has 0 aromatic heterocycles. The maximum atomic E-state index is 0. The second kappa shape index (κ2) is 16.3. The van der Waals surface area contributed by atoms with Gasteiger partial charge in [0.15, 0.2) is 0 Å². The first-order chi connectivity index (χ1) is 0. The predicted molar refractivity (Wildman–Crippen MR) is 3.61 cm³/mol. The van der Waals surface area contributed by atoms with Crippen molar-refractivity contribution in [3.63, 3.8) is 0 Å². The molecule has 0 atom stereocenters. The molecule has 0 unspecified atom stereocenters. The predicted octanol–water partition coefficient (Wildman–Crippen LogP) is -0.827. The van der Waals surface area contributed by atoms with Crippen molar-refractivity contribution in [2.75, 3.05) is 0 Å². The Bertz CT molecular complexity index is 8.00. The first-order valence-electron chi connectivity index (χ1n) is 0. The Morgan fingerprint density at radius 1 is 1.00 bits per heavy atom. The third-order valence-electron chi connectivity index (χ3n) is 0. The smallest absolute Gasteiger partial charge is 0 e. The second-order valence-corrected chi connectivity index (χ2v) is 0. The summed E-state index contributed by atoms with van der Waals surface area (Å²) in [5, 5.41) is 0. The molecule has 0 heterocycles. The quantitative estimate of drug-likeness (QED) is 0.504. The topological polar surface area (TPSA) is 31.5 Å². The maximum Gasteiger partial charge on any atom is 0 e. The minimum Gasteiger partial charge on any atom is -0.412 e. The van der Waals surface area contributed by atoms with Crippen LogP contribution in [0.5, 0.6) is 0 Å². The van der Waals surface area contributed by atoms with Gasteiger partial charge in [-0.25, -0.2) is 0 Å². The van der Waals surface area contributed by atoms with Gasteiger partial charge in [0.2, 0.25) is 0 Å². The molecule has 0 amide bonds. The van der Waals surface area contributed by atoms with E-state index >= 15 is 0 Å². The van der Waals surface area contributed by atoms with Gasteiger partial charge < -0.3 is 5.48 Å². The Balaban J connectivity index is 0. The fourth-order valence-corrected chi connectivity index (χ4v) is 0. The molecule has 2 radical (unpaired) electrons. The van der Waals surface area contributed by atoms with Crippen LogP contribution in [-0.2, 0) is 17.1 Å². The summed E-state index contributed by atoms with van der Waals surface area (Å²) in [5.74, 6) is 0. The Morgan fingerprint density at radius 3 is 1.00 bits per heavy atom. The molecule has 1 nitrogen and oxygen atoms in total. The van der Waals surface area contributed by atoms with Crippen molar-refractivity contribution in [3.05, 3.63) is 0 Å². The van der Waals surface area contributed by atoms with Crippen LogP contribution in [0.4, 0.5) is 0 Å². The van der Waals surface area contributed by atoms with E-state index in [1.165, 1.54) is 0 Å². The molecule has 26 valence electrons. The van der Waals surface area contributed by atoms with Crippen LogP contribution < -0.4 is 0 Å². The average Bonchev–Trinajstić information content (AvgIpc) is 0. The normalized spacial score (nSPS) is 0. The van der Waals surface area contributed by atoms with Crippen molar-refractivity contribution in [2.45, 2.75) is 0 Å². The van der Waals surface area contributed by atoms with Crippen LogP contribution in [0.25, 0.3) is 0 Å². The van der Waals surface area contributed by atoms with Gasteiger partial charge in [0.05, 0.1) is 0 Å². The standard InChI is InChI=1S/Ce.Cu.H2O.Pr/h;;1H2;. The van der Waals surface area contributed by atoms with E-state index in [0.717, 1.165) is 0 Å². The average molecular weight is 363 g/mol. The van der Waals surface area contributed by atoms with Crippen molar-refractivity contribution in [2.24, 2.45) is 0 Å². The summed E-state index contributed by atoms with van der Waals surface area (Å²) >= 11 is 0. The molecule has 0 fully saturated rings. The molecule has 0 aliphatic heterocycles. The Morgan fingerprint density at radius 2 is 1.00 bits per heavy atom. The van der Waals surface area contributed by atoms with Crippen molar-refractivity contribution >= 4 is 0 Å². The minimum atomic E-state index is 0. The van der Waals surface area contributed by atoms with Crippen LogP contribution in [0.2, 0.25) is 0 Å². The molecule has 0 bridgehead atoms. The van der Waals surface area contributed by atoms with Gasteiger partial charge in [0, 0.05) is 100 Å². The first kappa shape index (κ1) is 26.9. The van der Waals surface area contributed by atoms with Gasteiger partial charge in [-0.3, -0.25) is 0 Å². The number of rotatable bonds is 0. The summed E-state index contributed by atoms with van der Waals surface area (Å²) in [6.07, 6.45) is 0. The zero-order valence-corrected chi connectivity index (χ0v) is 9.66. The van der Waals surface area contributed by atoms with E-state index in [0.29, 0.717) is 0 Å². The van der Waals surface area contributed by atoms with Crippen LogP contribution in [0.1, 0.15) is 0 Å². The summed E-state index contributed by atoms with van der Waals surface area (Å²) < 4.78 is 0. The van der Waals surface area contributed by atoms with Crippen molar-refractivity contribution < 1.29 is 106 Å². The third kappa shape index (κ3) is 8.97. The minimum absolute atomic E-state index is 0. The summed E-state index contributed by atoms with van der Waals surface area (Å²) in [5.41, 5.74) is 0. The van der Waals surface area contributed by atoms with Crippen LogP contribution in [0.3, 0.4) is 0 Å². The molecule has 0 spiro atoms. The molecule has 4 heteroatoms. The molecule has 2 N–H and O–H groups in total. The molecule has 0 aliphatic carbocycles. The zero-order valence-electron chi connectivity index (χ0n) is 1.88. The molecule has 0 aliphatic rings. The Kier molecular flexibility index (Phi) is 110. The van der Waals surface area contributed by atoms with E-state index in [9.17, 15) is 0 Å². The second-order valence-electron chi connectivity index (χ2n) is 0. The monoisotopic (exact) mass is 362 g/mol. The van der Waals surface area contributed by atoms with Crippen molar-refractivity contribution in [1.82, 2.24) is 0 Å². The van der Waals surface area contributed by atoms with Crippen molar-refractivity contribution in [1.29, 1.82) is 0 Å². The van der Waals surface area contributed by atoms with E-state index in [1.807, 2.05) is 0 Å². The number of hydrogen-bond donors (Lipinski definition) is 0. The van der Waals surface area contributed by atoms with E-state index in [-0.39, 0.29) is 106 Å². The summed E-state index contributed by atoms with van der Waals surface area (Å²) in [6, 6.07) is 0. The molecular weight excluding hydrogens is 361 g/mol. The van der Waals surface area contributed by atoms with E-state index in [4.69, 9.17) is 0 Å². The summed E-state index contributed by atoms with van der Waals surface area (Å²) in [4.78, 5) is 0. The molecule has 0 aromatic carbocycles. The fourth-order valence-electron chi connectivity index (χ4n) is 0. The van der Waals surface area contributed by atoms with Gasteiger partial charge in [-0.15, -0.1) is 0 Å². The van der Waals surface area contributed by atoms with Crippen LogP contribution in [0.15, 0.2) is 0 Å². The van der Waals surface area contributed by atoms with Crippen molar-refractivity contribution in [3.8, 4) is 0 Å². The van der Waals surface area contributed by atoms with Gasteiger partial charge in [-0.05, 0) is 0 Å². The first-order valence-corrected chi connectivity index (χ1v) is 0. The molecule has 4 heavy (non-hydrogen) atoms. The van der Waals surface area contributed by atoms with Gasteiger partial charge >= 0.3 is 0 Å². The Labute approximate surface area is 103 Å². The summed E-state index contributed by atoms with van der Waals surface area (Å²) in [6.45, 7) is 0. The molecule has 0 rings (SSSR count). The zero-order chi connectivity index (χ0) is 0. The Hall–Kier alpha value is 3.22. The maximum absolute atomic E-state index is 0. The molecule has 0 aromatic rings. The van der Waals surface area contributed by atoms with E-state index in [1.54, 1.807) is 0 Å². The van der Waals surface area contributed by atoms with Crippen LogP contribution in [0, 0.1) is 83.0 Å². The van der Waals surface area contributed by atoms with Gasteiger partial charge in [0.1, 0.15) is 0 Å². The largest absolute Gasteiger partial charge is 0.412 e. The van der Waals surface area contributed by atoms with Crippen LogP contribution >= 0.6 is 0 Å². The van der Waals surface area contributed by atoms with Gasteiger partial charge in [-0.2, -0.15) is 0 Å². The fraction of sp³-hybridized carbons (Fsp3) is 0. The van der Waals surface area contributed by atoms with Crippen LogP contribution in [-0.4, -0.2) is 5.48 Å². The molecule has 0 saturated carbocycles. The molecular formula is H2CeCuOPr. The SMILES string of the molecule is O.[Ce].[Cu].[Pr]. The van der Waals surface area contributed by atoms with E-state index in [2.05, 4.69) is 0 Å². The third-order valence-corrected chi connectivity index (χ3v) is 0. The van der Waals surface area contributed by atoms with Gasteiger partial charge in [-0.1, -0.05) is 0 Å². The van der Waals surface area contributed by atoms with E-state index < -0.39 is 0 Å². The van der Waals surface area contributed by atoms with Gasteiger partial charge in [0.25, 0.3) is 0 Å².